The van der Waals surface area contributed by atoms with Crippen molar-refractivity contribution in [3.05, 3.63) is 23.4 Å². The van der Waals surface area contributed by atoms with E-state index in [-0.39, 0.29) is 0 Å². The Morgan fingerprint density at radius 1 is 1.37 bits per heavy atom. The van der Waals surface area contributed by atoms with Gasteiger partial charge in [0.25, 0.3) is 0 Å². The Balaban J connectivity index is 2.98. The summed E-state index contributed by atoms with van der Waals surface area (Å²) in [5, 5.41) is 0. The minimum absolute atomic E-state index is 0.422. The molecule has 0 aliphatic carbocycles. The summed E-state index contributed by atoms with van der Waals surface area (Å²) in [6, 6.07) is 4.36. The molecular formula is C15H25N3S. The number of nitrogens with two attached hydrogens (primary N) is 1. The van der Waals surface area contributed by atoms with Crippen LogP contribution < -0.4 is 10.6 Å². The minimum atomic E-state index is 0.422. The third-order valence-electron chi connectivity index (χ3n) is 3.14. The molecule has 4 heteroatoms. The van der Waals surface area contributed by atoms with Crippen molar-refractivity contribution < 1.29 is 0 Å². The first-order valence-electron chi connectivity index (χ1n) is 7.00. The number of aromatic nitrogens is 1. The zero-order valence-electron chi connectivity index (χ0n) is 12.4. The number of unbranched alkanes of at least 4 members (excludes halogenated alkanes) is 2. The van der Waals surface area contributed by atoms with Gasteiger partial charge in [-0.1, -0.05) is 32.0 Å². The van der Waals surface area contributed by atoms with E-state index in [9.17, 15) is 0 Å². The van der Waals surface area contributed by atoms with Crippen molar-refractivity contribution in [2.75, 3.05) is 11.4 Å². The van der Waals surface area contributed by atoms with Crippen molar-refractivity contribution in [3.8, 4) is 0 Å². The zero-order chi connectivity index (χ0) is 14.4. The lowest BCUT2D eigenvalue weighted by molar-refractivity contribution is 0.619. The van der Waals surface area contributed by atoms with Gasteiger partial charge >= 0.3 is 0 Å². The summed E-state index contributed by atoms with van der Waals surface area (Å²) < 4.78 is 0. The second kappa shape index (κ2) is 7.43. The molecule has 0 spiro atoms. The summed E-state index contributed by atoms with van der Waals surface area (Å²) in [6.45, 7) is 9.61. The molecule has 1 aromatic heterocycles. The number of hydrogen-bond donors (Lipinski definition) is 1. The maximum atomic E-state index is 5.73. The molecule has 0 atom stereocenters. The van der Waals surface area contributed by atoms with E-state index in [0.717, 1.165) is 23.6 Å². The molecule has 1 heterocycles. The second-order valence-corrected chi connectivity index (χ2v) is 5.65. The van der Waals surface area contributed by atoms with Crippen molar-refractivity contribution in [2.45, 2.75) is 53.0 Å². The van der Waals surface area contributed by atoms with Gasteiger partial charge in [0.1, 0.15) is 10.8 Å². The first-order valence-corrected chi connectivity index (χ1v) is 7.41. The monoisotopic (exact) mass is 279 g/mol. The first kappa shape index (κ1) is 15.9. The van der Waals surface area contributed by atoms with Gasteiger partial charge in [0.2, 0.25) is 0 Å². The molecule has 1 aromatic rings. The molecule has 0 aliphatic rings. The Morgan fingerprint density at radius 3 is 2.58 bits per heavy atom. The summed E-state index contributed by atoms with van der Waals surface area (Å²) >= 11 is 5.07. The van der Waals surface area contributed by atoms with Gasteiger partial charge in [0.05, 0.1) is 0 Å². The SMILES string of the molecule is CCCCCN(c1cc(C(N)=S)cc(C)n1)C(C)C. The summed E-state index contributed by atoms with van der Waals surface area (Å²) in [5.74, 6) is 0.980. The quantitative estimate of drug-likeness (QED) is 0.613. The molecular weight excluding hydrogens is 254 g/mol. The van der Waals surface area contributed by atoms with Crippen LogP contribution in [0.4, 0.5) is 5.82 Å². The molecule has 0 unspecified atom stereocenters. The molecule has 19 heavy (non-hydrogen) atoms. The van der Waals surface area contributed by atoms with E-state index in [4.69, 9.17) is 18.0 Å². The standard InChI is InChI=1S/C15H25N3S/c1-5-6-7-8-18(11(2)3)14-10-13(15(16)19)9-12(4)17-14/h9-11H,5-8H2,1-4H3,(H2,16,19). The molecule has 0 aliphatic heterocycles. The van der Waals surface area contributed by atoms with E-state index < -0.39 is 0 Å². The average Bonchev–Trinajstić information content (AvgIpc) is 2.33. The van der Waals surface area contributed by atoms with Crippen molar-refractivity contribution in [1.82, 2.24) is 4.98 Å². The number of nitrogens with zero attached hydrogens (tertiary/aromatic N) is 2. The summed E-state index contributed by atoms with van der Waals surface area (Å²) in [5.41, 5.74) is 7.60. The largest absolute Gasteiger partial charge is 0.389 e. The van der Waals surface area contributed by atoms with Crippen LogP contribution in [0.5, 0.6) is 0 Å². The van der Waals surface area contributed by atoms with Crippen LogP contribution in [0.15, 0.2) is 12.1 Å². The molecule has 106 valence electrons. The molecule has 0 bridgehead atoms. The Labute approximate surface area is 122 Å². The zero-order valence-corrected chi connectivity index (χ0v) is 13.3. The molecule has 1 rings (SSSR count). The van der Waals surface area contributed by atoms with Crippen LogP contribution in [0.1, 0.15) is 51.3 Å². The molecule has 0 aromatic carbocycles. The molecule has 0 amide bonds. The van der Waals surface area contributed by atoms with Gasteiger partial charge in [0.15, 0.2) is 0 Å². The van der Waals surface area contributed by atoms with Gasteiger partial charge in [0, 0.05) is 23.8 Å². The van der Waals surface area contributed by atoms with Crippen LogP contribution in [0.2, 0.25) is 0 Å². The molecule has 0 saturated heterocycles. The van der Waals surface area contributed by atoms with E-state index >= 15 is 0 Å². The highest BCUT2D eigenvalue weighted by atomic mass is 32.1. The van der Waals surface area contributed by atoms with Crippen LogP contribution in [-0.4, -0.2) is 22.6 Å². The van der Waals surface area contributed by atoms with Crippen molar-refractivity contribution in [1.29, 1.82) is 0 Å². The maximum absolute atomic E-state index is 5.73. The highest BCUT2D eigenvalue weighted by molar-refractivity contribution is 7.80. The van der Waals surface area contributed by atoms with Crippen LogP contribution >= 0.6 is 12.2 Å². The third kappa shape index (κ3) is 4.78. The third-order valence-corrected chi connectivity index (χ3v) is 3.38. The van der Waals surface area contributed by atoms with E-state index in [1.54, 1.807) is 0 Å². The number of rotatable bonds is 7. The van der Waals surface area contributed by atoms with Crippen LogP contribution in [0, 0.1) is 6.92 Å². The van der Waals surface area contributed by atoms with Crippen molar-refractivity contribution in [2.24, 2.45) is 5.73 Å². The minimum Gasteiger partial charge on any atom is -0.389 e. The van der Waals surface area contributed by atoms with Gasteiger partial charge in [-0.25, -0.2) is 4.98 Å². The van der Waals surface area contributed by atoms with Gasteiger partial charge in [-0.2, -0.15) is 0 Å². The number of thiocarbonyl (C=S) groups is 1. The van der Waals surface area contributed by atoms with Crippen LogP contribution in [-0.2, 0) is 0 Å². The van der Waals surface area contributed by atoms with Crippen LogP contribution in [0.3, 0.4) is 0 Å². The number of hydrogen-bond acceptors (Lipinski definition) is 3. The topological polar surface area (TPSA) is 42.1 Å². The summed E-state index contributed by atoms with van der Waals surface area (Å²) in [7, 11) is 0. The van der Waals surface area contributed by atoms with Crippen molar-refractivity contribution in [3.63, 3.8) is 0 Å². The average molecular weight is 279 g/mol. The van der Waals surface area contributed by atoms with Crippen LogP contribution in [0.25, 0.3) is 0 Å². The Bertz CT molecular complexity index is 429. The lowest BCUT2D eigenvalue weighted by atomic mass is 10.2. The molecule has 0 fully saturated rings. The predicted octanol–water partition coefficient (Wildman–Crippen LogP) is 3.43. The summed E-state index contributed by atoms with van der Waals surface area (Å²) in [6.07, 6.45) is 3.66. The molecule has 0 saturated carbocycles. The fraction of sp³-hybridized carbons (Fsp3) is 0.600. The lowest BCUT2D eigenvalue weighted by Crippen LogP contribution is -2.33. The number of pyridine rings is 1. The summed E-state index contributed by atoms with van der Waals surface area (Å²) in [4.78, 5) is 7.39. The highest BCUT2D eigenvalue weighted by Crippen LogP contribution is 2.18. The maximum Gasteiger partial charge on any atom is 0.129 e. The van der Waals surface area contributed by atoms with Gasteiger partial charge in [-0.05, 0) is 39.3 Å². The fourth-order valence-corrected chi connectivity index (χ4v) is 2.23. The van der Waals surface area contributed by atoms with E-state index in [2.05, 4.69) is 30.7 Å². The normalized spacial score (nSPS) is 10.8. The van der Waals surface area contributed by atoms with Crippen molar-refractivity contribution >= 4 is 23.0 Å². The van der Waals surface area contributed by atoms with E-state index in [0.29, 0.717) is 11.0 Å². The molecule has 0 radical (unpaired) electrons. The predicted molar refractivity (Wildman–Crippen MR) is 86.9 cm³/mol. The molecule has 2 N–H and O–H groups in total. The second-order valence-electron chi connectivity index (χ2n) is 5.21. The highest BCUT2D eigenvalue weighted by Gasteiger charge is 2.13. The Hall–Kier alpha value is -1.16. The van der Waals surface area contributed by atoms with Gasteiger partial charge < -0.3 is 10.6 Å². The number of anilines is 1. The van der Waals surface area contributed by atoms with E-state index in [1.165, 1.54) is 19.3 Å². The Kier molecular flexibility index (Phi) is 6.22. The number of aryl methyl sites for hydroxylation is 1. The molecule has 3 nitrogen and oxygen atoms in total. The fourth-order valence-electron chi connectivity index (χ4n) is 2.11. The smallest absolute Gasteiger partial charge is 0.129 e. The van der Waals surface area contributed by atoms with Gasteiger partial charge in [-0.15, -0.1) is 0 Å². The first-order chi connectivity index (χ1) is 8.95. The van der Waals surface area contributed by atoms with Gasteiger partial charge in [-0.3, -0.25) is 0 Å². The Morgan fingerprint density at radius 2 is 2.05 bits per heavy atom. The van der Waals surface area contributed by atoms with E-state index in [1.807, 2.05) is 19.1 Å². The lowest BCUT2D eigenvalue weighted by Gasteiger charge is -2.28.